The van der Waals surface area contributed by atoms with Gasteiger partial charge in [0.15, 0.2) is 0 Å². The van der Waals surface area contributed by atoms with Crippen molar-refractivity contribution in [2.45, 2.75) is 19.8 Å². The fourth-order valence-corrected chi connectivity index (χ4v) is 3.64. The van der Waals surface area contributed by atoms with Crippen LogP contribution >= 0.6 is 24.0 Å². The third-order valence-electron chi connectivity index (χ3n) is 4.93. The number of benzene rings is 1. The molecule has 0 atom stereocenters. The van der Waals surface area contributed by atoms with E-state index in [2.05, 4.69) is 17.6 Å². The molecule has 2 N–H and O–H groups in total. The lowest BCUT2D eigenvalue weighted by Gasteiger charge is -2.32. The molecule has 1 aromatic rings. The van der Waals surface area contributed by atoms with E-state index in [0.717, 1.165) is 39.0 Å². The maximum Gasteiger partial charge on any atom is 0.322 e. The van der Waals surface area contributed by atoms with E-state index in [9.17, 15) is 9.59 Å². The summed E-state index contributed by atoms with van der Waals surface area (Å²) in [5.74, 6) is 0.650. The van der Waals surface area contributed by atoms with Crippen LogP contribution in [0, 0.1) is 5.92 Å². The zero-order valence-electron chi connectivity index (χ0n) is 15.0. The lowest BCUT2D eigenvalue weighted by molar-refractivity contribution is 0.0690. The van der Waals surface area contributed by atoms with Gasteiger partial charge in [-0.25, -0.2) is 4.79 Å². The van der Waals surface area contributed by atoms with Gasteiger partial charge >= 0.3 is 6.03 Å². The molecule has 2 heterocycles. The first-order chi connectivity index (χ1) is 12.1. The molecule has 6 nitrogen and oxygen atoms in total. The first-order valence-electron chi connectivity index (χ1n) is 8.95. The number of amides is 3. The minimum absolute atomic E-state index is 0. The Bertz CT molecular complexity index is 648. The fourth-order valence-electron chi connectivity index (χ4n) is 3.43. The molecule has 1 aromatic carbocycles. The van der Waals surface area contributed by atoms with Gasteiger partial charge in [0.1, 0.15) is 0 Å². The van der Waals surface area contributed by atoms with Crippen LogP contribution in [-0.2, 0) is 0 Å². The van der Waals surface area contributed by atoms with E-state index in [4.69, 9.17) is 11.6 Å². The highest BCUT2D eigenvalue weighted by molar-refractivity contribution is 6.34. The van der Waals surface area contributed by atoms with E-state index in [1.165, 1.54) is 0 Å². The van der Waals surface area contributed by atoms with Crippen LogP contribution < -0.4 is 15.5 Å². The molecule has 8 heteroatoms. The molecular formula is C18H26Cl2N4O2. The maximum atomic E-state index is 12.8. The first kappa shape index (κ1) is 20.8. The van der Waals surface area contributed by atoms with Gasteiger partial charge in [-0.2, -0.15) is 0 Å². The lowest BCUT2D eigenvalue weighted by atomic mass is 9.96. The summed E-state index contributed by atoms with van der Waals surface area (Å²) >= 11 is 6.25. The Labute approximate surface area is 165 Å². The molecule has 0 saturated carbocycles. The number of nitrogens with zero attached hydrogens (tertiary/aromatic N) is 2. The van der Waals surface area contributed by atoms with Crippen molar-refractivity contribution < 1.29 is 9.59 Å². The van der Waals surface area contributed by atoms with Gasteiger partial charge in [-0.1, -0.05) is 18.5 Å². The number of urea groups is 1. The quantitative estimate of drug-likeness (QED) is 0.798. The molecule has 2 saturated heterocycles. The SMILES string of the molecule is CCNCC1CCN(C(=O)c2ccc(Cl)c(N3CCNC3=O)c2)CC1.Cl. The molecule has 144 valence electrons. The minimum Gasteiger partial charge on any atom is -0.339 e. The van der Waals surface area contributed by atoms with Gasteiger partial charge in [-0.15, -0.1) is 12.4 Å². The summed E-state index contributed by atoms with van der Waals surface area (Å²) < 4.78 is 0. The minimum atomic E-state index is -0.171. The molecule has 0 bridgehead atoms. The number of anilines is 1. The summed E-state index contributed by atoms with van der Waals surface area (Å²) in [5, 5.41) is 6.62. The van der Waals surface area contributed by atoms with Crippen molar-refractivity contribution in [3.63, 3.8) is 0 Å². The third kappa shape index (κ3) is 4.61. The van der Waals surface area contributed by atoms with E-state index in [1.807, 2.05) is 4.90 Å². The molecule has 2 fully saturated rings. The van der Waals surface area contributed by atoms with E-state index in [-0.39, 0.29) is 24.3 Å². The van der Waals surface area contributed by atoms with E-state index in [1.54, 1.807) is 23.1 Å². The Hall–Kier alpha value is -1.50. The number of likely N-dealkylation sites (tertiary alicyclic amines) is 1. The second-order valence-corrected chi connectivity index (χ2v) is 7.00. The monoisotopic (exact) mass is 400 g/mol. The molecule has 0 unspecified atom stereocenters. The van der Waals surface area contributed by atoms with Crippen LogP contribution in [0.25, 0.3) is 0 Å². The Morgan fingerprint density at radius 2 is 2.04 bits per heavy atom. The highest BCUT2D eigenvalue weighted by Crippen LogP contribution is 2.29. The normalized spacial score (nSPS) is 17.8. The molecule has 0 spiro atoms. The number of carbonyl (C=O) groups excluding carboxylic acids is 2. The van der Waals surface area contributed by atoms with Crippen molar-refractivity contribution in [3.05, 3.63) is 28.8 Å². The number of rotatable bonds is 5. The Morgan fingerprint density at radius 1 is 1.31 bits per heavy atom. The summed E-state index contributed by atoms with van der Waals surface area (Å²) in [6.45, 7) is 6.81. The number of carbonyl (C=O) groups is 2. The molecule has 3 rings (SSSR count). The van der Waals surface area contributed by atoms with Gasteiger partial charge in [0.2, 0.25) is 0 Å². The maximum absolute atomic E-state index is 12.8. The van der Waals surface area contributed by atoms with E-state index < -0.39 is 0 Å². The summed E-state index contributed by atoms with van der Waals surface area (Å²) in [6, 6.07) is 5.01. The summed E-state index contributed by atoms with van der Waals surface area (Å²) in [6.07, 6.45) is 2.04. The molecule has 2 aliphatic rings. The fraction of sp³-hybridized carbons (Fsp3) is 0.556. The molecular weight excluding hydrogens is 375 g/mol. The van der Waals surface area contributed by atoms with Crippen LogP contribution in [0.15, 0.2) is 18.2 Å². The van der Waals surface area contributed by atoms with Crippen molar-refractivity contribution in [1.82, 2.24) is 15.5 Å². The van der Waals surface area contributed by atoms with E-state index in [0.29, 0.717) is 35.3 Å². The highest BCUT2D eigenvalue weighted by Gasteiger charge is 2.27. The topological polar surface area (TPSA) is 64.7 Å². The predicted molar refractivity (Wildman–Crippen MR) is 107 cm³/mol. The van der Waals surface area contributed by atoms with Gasteiger partial charge in [-0.3, -0.25) is 9.69 Å². The first-order valence-corrected chi connectivity index (χ1v) is 9.33. The van der Waals surface area contributed by atoms with Crippen LogP contribution in [0.2, 0.25) is 5.02 Å². The second-order valence-electron chi connectivity index (χ2n) is 6.59. The van der Waals surface area contributed by atoms with Crippen molar-refractivity contribution >= 4 is 41.6 Å². The number of hydrogen-bond donors (Lipinski definition) is 2. The van der Waals surface area contributed by atoms with Crippen molar-refractivity contribution in [2.75, 3.05) is 44.2 Å². The Morgan fingerprint density at radius 3 is 2.65 bits per heavy atom. The van der Waals surface area contributed by atoms with Gasteiger partial charge in [0.25, 0.3) is 5.91 Å². The van der Waals surface area contributed by atoms with Gasteiger partial charge < -0.3 is 15.5 Å². The van der Waals surface area contributed by atoms with Gasteiger partial charge in [0, 0.05) is 31.7 Å². The molecule has 0 aliphatic carbocycles. The van der Waals surface area contributed by atoms with Crippen LogP contribution in [0.5, 0.6) is 0 Å². The molecule has 3 amide bonds. The number of halogens is 2. The van der Waals surface area contributed by atoms with Crippen molar-refractivity contribution in [3.8, 4) is 0 Å². The third-order valence-corrected chi connectivity index (χ3v) is 5.25. The van der Waals surface area contributed by atoms with Crippen LogP contribution in [0.4, 0.5) is 10.5 Å². The van der Waals surface area contributed by atoms with Gasteiger partial charge in [0.05, 0.1) is 10.7 Å². The largest absolute Gasteiger partial charge is 0.339 e. The summed E-state index contributed by atoms with van der Waals surface area (Å²) in [5.41, 5.74) is 1.19. The zero-order chi connectivity index (χ0) is 17.8. The average molecular weight is 401 g/mol. The zero-order valence-corrected chi connectivity index (χ0v) is 16.5. The lowest BCUT2D eigenvalue weighted by Crippen LogP contribution is -2.40. The summed E-state index contributed by atoms with van der Waals surface area (Å²) in [4.78, 5) is 28.2. The molecule has 26 heavy (non-hydrogen) atoms. The van der Waals surface area contributed by atoms with Gasteiger partial charge in [-0.05, 0) is 50.0 Å². The summed E-state index contributed by atoms with van der Waals surface area (Å²) in [7, 11) is 0. The molecule has 0 aromatic heterocycles. The smallest absolute Gasteiger partial charge is 0.322 e. The number of nitrogens with one attached hydrogen (secondary N) is 2. The predicted octanol–water partition coefficient (Wildman–Crippen LogP) is 2.75. The number of piperidine rings is 1. The number of hydrogen-bond acceptors (Lipinski definition) is 3. The van der Waals surface area contributed by atoms with Crippen LogP contribution in [-0.4, -0.2) is 56.1 Å². The molecule has 2 aliphatic heterocycles. The average Bonchev–Trinajstić information content (AvgIpc) is 3.06. The van der Waals surface area contributed by atoms with E-state index >= 15 is 0 Å². The molecule has 0 radical (unpaired) electrons. The van der Waals surface area contributed by atoms with Crippen molar-refractivity contribution in [2.24, 2.45) is 5.92 Å². The van der Waals surface area contributed by atoms with Crippen LogP contribution in [0.3, 0.4) is 0 Å². The highest BCUT2D eigenvalue weighted by atomic mass is 35.5. The second kappa shape index (κ2) is 9.44. The standard InChI is InChI=1S/C18H25ClN4O2.ClH/c1-2-20-12-13-5-8-22(9-6-13)17(24)14-3-4-15(19)16(11-14)23-10-7-21-18(23)25;/h3-4,11,13,20H,2,5-10,12H2,1H3,(H,21,25);1H. The van der Waals surface area contributed by atoms with Crippen molar-refractivity contribution in [1.29, 1.82) is 0 Å². The Balaban J connectivity index is 0.00000243. The Kier molecular flexibility index (Phi) is 7.55. The van der Waals surface area contributed by atoms with Crippen LogP contribution in [0.1, 0.15) is 30.1 Å².